The summed E-state index contributed by atoms with van der Waals surface area (Å²) in [4.78, 5) is 29.2. The highest BCUT2D eigenvalue weighted by atomic mass is 16.6. The molecular formula is C15H19N3O3. The number of ether oxygens (including phenoxy) is 1. The van der Waals surface area contributed by atoms with Gasteiger partial charge < -0.3 is 4.74 Å². The van der Waals surface area contributed by atoms with Crippen LogP contribution in [0.3, 0.4) is 0 Å². The highest BCUT2D eigenvalue weighted by Gasteiger charge is 2.53. The summed E-state index contributed by atoms with van der Waals surface area (Å²) >= 11 is 0. The number of rotatable bonds is 2. The Morgan fingerprint density at radius 1 is 1.24 bits per heavy atom. The van der Waals surface area contributed by atoms with Crippen molar-refractivity contribution in [2.45, 2.75) is 44.1 Å². The van der Waals surface area contributed by atoms with Gasteiger partial charge in [0, 0.05) is 6.20 Å². The van der Waals surface area contributed by atoms with E-state index < -0.39 is 11.8 Å². The molecule has 21 heavy (non-hydrogen) atoms. The van der Waals surface area contributed by atoms with Crippen LogP contribution < -0.4 is 11.0 Å². The Morgan fingerprint density at radius 3 is 2.43 bits per heavy atom. The first kappa shape index (κ1) is 12.9. The SMILES string of the molecule is O=C(Nc1ccnc(=O)[nH]1)OC12CC3CC(CC(C3)C1)C2. The van der Waals surface area contributed by atoms with Gasteiger partial charge in [0.15, 0.2) is 0 Å². The summed E-state index contributed by atoms with van der Waals surface area (Å²) in [5, 5.41) is 2.60. The van der Waals surface area contributed by atoms with Crippen molar-refractivity contribution in [1.29, 1.82) is 0 Å². The van der Waals surface area contributed by atoms with E-state index in [0.717, 1.165) is 37.0 Å². The van der Waals surface area contributed by atoms with Gasteiger partial charge in [0.05, 0.1) is 0 Å². The lowest BCUT2D eigenvalue weighted by Crippen LogP contribution is -2.53. The first-order valence-corrected chi connectivity index (χ1v) is 7.66. The van der Waals surface area contributed by atoms with Gasteiger partial charge in [-0.2, -0.15) is 0 Å². The molecular weight excluding hydrogens is 270 g/mol. The Bertz CT molecular complexity index is 589. The molecule has 4 saturated carbocycles. The number of carbonyl (C=O) groups excluding carboxylic acids is 1. The molecule has 1 aromatic heterocycles. The monoisotopic (exact) mass is 289 g/mol. The highest BCUT2D eigenvalue weighted by molar-refractivity contribution is 5.83. The van der Waals surface area contributed by atoms with Crippen LogP contribution in [0.4, 0.5) is 10.6 Å². The summed E-state index contributed by atoms with van der Waals surface area (Å²) in [6.45, 7) is 0. The minimum Gasteiger partial charge on any atom is -0.443 e. The van der Waals surface area contributed by atoms with E-state index in [9.17, 15) is 9.59 Å². The van der Waals surface area contributed by atoms with Crippen LogP contribution in [-0.4, -0.2) is 21.7 Å². The number of aromatic nitrogens is 2. The van der Waals surface area contributed by atoms with Gasteiger partial charge in [-0.15, -0.1) is 0 Å². The molecule has 0 radical (unpaired) electrons. The molecule has 1 amide bonds. The van der Waals surface area contributed by atoms with Crippen LogP contribution in [0.1, 0.15) is 38.5 Å². The minimum atomic E-state index is -0.484. The zero-order valence-corrected chi connectivity index (χ0v) is 11.8. The van der Waals surface area contributed by atoms with Crippen LogP contribution >= 0.6 is 0 Å². The van der Waals surface area contributed by atoms with Gasteiger partial charge in [-0.3, -0.25) is 10.3 Å². The molecule has 4 aliphatic rings. The lowest BCUT2D eigenvalue weighted by atomic mass is 9.54. The number of hydrogen-bond acceptors (Lipinski definition) is 4. The standard InChI is InChI=1S/C15H19N3O3/c19-13-16-2-1-12(17-13)18-14(20)21-15-6-9-3-10(7-15)5-11(4-9)8-15/h1-2,9-11H,3-8H2,(H2,16,17,18,19,20). The predicted molar refractivity (Wildman–Crippen MR) is 75.9 cm³/mol. The molecule has 1 aromatic rings. The average molecular weight is 289 g/mol. The van der Waals surface area contributed by atoms with Gasteiger partial charge >= 0.3 is 11.8 Å². The smallest absolute Gasteiger partial charge is 0.413 e. The number of amides is 1. The fourth-order valence-corrected chi connectivity index (χ4v) is 4.93. The lowest BCUT2D eigenvalue weighted by molar-refractivity contribution is -0.124. The fourth-order valence-electron chi connectivity index (χ4n) is 4.93. The van der Waals surface area contributed by atoms with E-state index in [1.807, 2.05) is 0 Å². The molecule has 5 rings (SSSR count). The van der Waals surface area contributed by atoms with E-state index in [1.54, 1.807) is 6.07 Å². The van der Waals surface area contributed by atoms with Crippen molar-refractivity contribution >= 4 is 11.9 Å². The first-order valence-electron chi connectivity index (χ1n) is 7.66. The van der Waals surface area contributed by atoms with E-state index in [1.165, 1.54) is 25.5 Å². The van der Waals surface area contributed by atoms with E-state index >= 15 is 0 Å². The fraction of sp³-hybridized carbons (Fsp3) is 0.667. The second-order valence-corrected chi connectivity index (χ2v) is 6.90. The number of aromatic amines is 1. The number of nitrogens with one attached hydrogen (secondary N) is 2. The molecule has 4 fully saturated rings. The third kappa shape index (κ3) is 2.43. The third-order valence-corrected chi connectivity index (χ3v) is 5.20. The van der Waals surface area contributed by atoms with Gasteiger partial charge in [0.25, 0.3) is 0 Å². The van der Waals surface area contributed by atoms with Crippen molar-refractivity contribution in [2.24, 2.45) is 17.8 Å². The summed E-state index contributed by atoms with van der Waals surface area (Å²) in [7, 11) is 0. The molecule has 0 spiro atoms. The summed E-state index contributed by atoms with van der Waals surface area (Å²) in [5.41, 5.74) is -0.755. The summed E-state index contributed by atoms with van der Waals surface area (Å²) in [6.07, 6.45) is 7.81. The lowest BCUT2D eigenvalue weighted by Gasteiger charge is -2.55. The molecule has 4 aliphatic carbocycles. The van der Waals surface area contributed by atoms with Gasteiger partial charge in [0.2, 0.25) is 0 Å². The Balaban J connectivity index is 1.46. The minimum absolute atomic E-state index is 0.272. The predicted octanol–water partition coefficient (Wildman–Crippen LogP) is 2.29. The highest BCUT2D eigenvalue weighted by Crippen LogP contribution is 2.57. The van der Waals surface area contributed by atoms with Gasteiger partial charge in [-0.1, -0.05) is 0 Å². The molecule has 0 atom stereocenters. The Hall–Kier alpha value is -1.85. The van der Waals surface area contributed by atoms with Gasteiger partial charge in [-0.25, -0.2) is 14.6 Å². The average Bonchev–Trinajstić information content (AvgIpc) is 2.35. The van der Waals surface area contributed by atoms with E-state index in [2.05, 4.69) is 15.3 Å². The quantitative estimate of drug-likeness (QED) is 0.875. The maximum atomic E-state index is 12.1. The number of H-pyrrole nitrogens is 1. The maximum Gasteiger partial charge on any atom is 0.413 e. The molecule has 6 nitrogen and oxygen atoms in total. The summed E-state index contributed by atoms with van der Waals surface area (Å²) in [6, 6.07) is 1.54. The van der Waals surface area contributed by atoms with Gasteiger partial charge in [0.1, 0.15) is 11.4 Å². The Kier molecular flexibility index (Phi) is 2.80. The second-order valence-electron chi connectivity index (χ2n) is 6.90. The summed E-state index contributed by atoms with van der Waals surface area (Å²) < 4.78 is 5.80. The van der Waals surface area contributed by atoms with Crippen LogP contribution in [0.2, 0.25) is 0 Å². The molecule has 112 valence electrons. The largest absolute Gasteiger partial charge is 0.443 e. The molecule has 0 aliphatic heterocycles. The van der Waals surface area contributed by atoms with Crippen molar-refractivity contribution in [3.63, 3.8) is 0 Å². The third-order valence-electron chi connectivity index (χ3n) is 5.20. The molecule has 4 bridgehead atoms. The summed E-state index contributed by atoms with van der Waals surface area (Å²) in [5.74, 6) is 2.50. The number of carbonyl (C=O) groups is 1. The zero-order chi connectivity index (χ0) is 14.4. The van der Waals surface area contributed by atoms with Crippen LogP contribution in [-0.2, 0) is 4.74 Å². The first-order chi connectivity index (χ1) is 10.1. The van der Waals surface area contributed by atoms with E-state index in [-0.39, 0.29) is 5.60 Å². The van der Waals surface area contributed by atoms with Crippen LogP contribution in [0.5, 0.6) is 0 Å². The topological polar surface area (TPSA) is 84.1 Å². The van der Waals surface area contributed by atoms with Gasteiger partial charge in [-0.05, 0) is 62.3 Å². The van der Waals surface area contributed by atoms with E-state index in [0.29, 0.717) is 5.82 Å². The zero-order valence-electron chi connectivity index (χ0n) is 11.8. The second kappa shape index (κ2) is 4.58. The van der Waals surface area contributed by atoms with Crippen molar-refractivity contribution in [2.75, 3.05) is 5.32 Å². The Labute approximate surface area is 122 Å². The molecule has 0 aromatic carbocycles. The number of anilines is 1. The van der Waals surface area contributed by atoms with Crippen molar-refractivity contribution < 1.29 is 9.53 Å². The van der Waals surface area contributed by atoms with Crippen LogP contribution in [0.25, 0.3) is 0 Å². The van der Waals surface area contributed by atoms with Crippen molar-refractivity contribution in [3.8, 4) is 0 Å². The van der Waals surface area contributed by atoms with E-state index in [4.69, 9.17) is 4.74 Å². The number of hydrogen-bond donors (Lipinski definition) is 2. The van der Waals surface area contributed by atoms with Crippen LogP contribution in [0.15, 0.2) is 17.1 Å². The molecule has 1 heterocycles. The Morgan fingerprint density at radius 2 is 1.86 bits per heavy atom. The van der Waals surface area contributed by atoms with Crippen LogP contribution in [0, 0.1) is 17.8 Å². The molecule has 6 heteroatoms. The van der Waals surface area contributed by atoms with Crippen molar-refractivity contribution in [1.82, 2.24) is 9.97 Å². The number of nitrogens with zero attached hydrogens (tertiary/aromatic N) is 1. The maximum absolute atomic E-state index is 12.1. The van der Waals surface area contributed by atoms with Crippen molar-refractivity contribution in [3.05, 3.63) is 22.7 Å². The molecule has 2 N–H and O–H groups in total. The molecule has 0 saturated heterocycles. The normalized spacial score (nSPS) is 36.5. The molecule has 0 unspecified atom stereocenters.